The highest BCUT2D eigenvalue weighted by Crippen LogP contribution is 2.33. The molecule has 0 saturated heterocycles. The smallest absolute Gasteiger partial charge is 0.163 e. The van der Waals surface area contributed by atoms with Gasteiger partial charge in [0.05, 0.1) is 0 Å². The van der Waals surface area contributed by atoms with Gasteiger partial charge in [-0.1, -0.05) is 0 Å². The number of ether oxygens (including phenoxy) is 2. The summed E-state index contributed by atoms with van der Waals surface area (Å²) in [5.74, 6) is 1.69. The molecule has 2 N–H and O–H groups in total. The first-order valence-electron chi connectivity index (χ1n) is 6.53. The molecule has 2 rings (SSSR count). The fraction of sp³-hybridized carbons (Fsp3) is 0.571. The minimum Gasteiger partial charge on any atom is -0.486 e. The highest BCUT2D eigenvalue weighted by molar-refractivity contribution is 5.56. The molecule has 4 heteroatoms. The number of anilines is 1. The molecule has 1 heterocycles. The molecule has 1 atom stereocenters. The van der Waals surface area contributed by atoms with E-state index in [1.54, 1.807) is 0 Å². The lowest BCUT2D eigenvalue weighted by Crippen LogP contribution is -2.22. The van der Waals surface area contributed by atoms with Gasteiger partial charge in [0.25, 0.3) is 0 Å². The van der Waals surface area contributed by atoms with Gasteiger partial charge in [-0.25, -0.2) is 0 Å². The number of hydrogen-bond acceptors (Lipinski definition) is 4. The third-order valence-electron chi connectivity index (χ3n) is 3.12. The summed E-state index contributed by atoms with van der Waals surface area (Å²) in [7, 11) is 2.09. The molecule has 100 valence electrons. The van der Waals surface area contributed by atoms with Crippen LogP contribution in [0.4, 0.5) is 5.69 Å². The molecule has 0 bridgehead atoms. The second kappa shape index (κ2) is 5.96. The molecule has 0 aromatic heterocycles. The van der Waals surface area contributed by atoms with Crippen molar-refractivity contribution in [3.63, 3.8) is 0 Å². The van der Waals surface area contributed by atoms with Crippen LogP contribution >= 0.6 is 0 Å². The van der Waals surface area contributed by atoms with Gasteiger partial charge in [-0.3, -0.25) is 0 Å². The molecule has 0 spiro atoms. The molecule has 4 nitrogen and oxygen atoms in total. The molecule has 18 heavy (non-hydrogen) atoms. The van der Waals surface area contributed by atoms with Crippen LogP contribution in [-0.4, -0.2) is 32.8 Å². The van der Waals surface area contributed by atoms with Gasteiger partial charge in [0, 0.05) is 31.4 Å². The zero-order valence-corrected chi connectivity index (χ0v) is 11.2. The highest BCUT2D eigenvalue weighted by atomic mass is 16.6. The summed E-state index contributed by atoms with van der Waals surface area (Å²) in [5.41, 5.74) is 6.91. The van der Waals surface area contributed by atoms with Crippen LogP contribution in [0, 0.1) is 0 Å². The maximum Gasteiger partial charge on any atom is 0.163 e. The third-order valence-corrected chi connectivity index (χ3v) is 3.12. The number of nitrogens with zero attached hydrogens (tertiary/aromatic N) is 1. The lowest BCUT2D eigenvalue weighted by Gasteiger charge is -2.23. The Morgan fingerprint density at radius 2 is 2.00 bits per heavy atom. The number of benzene rings is 1. The SMILES string of the molecule is CC(N)CCCN(C)c1ccc2c(c1)OCCO2. The number of hydrogen-bond donors (Lipinski definition) is 1. The predicted molar refractivity (Wildman–Crippen MR) is 73.6 cm³/mol. The molecule has 0 amide bonds. The Kier molecular flexibility index (Phi) is 4.31. The Hall–Kier alpha value is -1.42. The first kappa shape index (κ1) is 13.0. The Balaban J connectivity index is 1.95. The summed E-state index contributed by atoms with van der Waals surface area (Å²) in [5, 5.41) is 0. The molecule has 1 aromatic rings. The van der Waals surface area contributed by atoms with Gasteiger partial charge in [-0.15, -0.1) is 0 Å². The Bertz CT molecular complexity index is 393. The fourth-order valence-corrected chi connectivity index (χ4v) is 2.05. The summed E-state index contributed by atoms with van der Waals surface area (Å²) in [4.78, 5) is 2.22. The molecule has 1 aliphatic rings. The molecular weight excluding hydrogens is 228 g/mol. The summed E-state index contributed by atoms with van der Waals surface area (Å²) in [6.45, 7) is 4.31. The van der Waals surface area contributed by atoms with E-state index in [4.69, 9.17) is 15.2 Å². The van der Waals surface area contributed by atoms with Crippen molar-refractivity contribution in [2.75, 3.05) is 31.7 Å². The second-order valence-corrected chi connectivity index (χ2v) is 4.87. The van der Waals surface area contributed by atoms with Crippen molar-refractivity contribution in [2.24, 2.45) is 5.73 Å². The van der Waals surface area contributed by atoms with Gasteiger partial charge < -0.3 is 20.1 Å². The van der Waals surface area contributed by atoms with E-state index < -0.39 is 0 Å². The highest BCUT2D eigenvalue weighted by Gasteiger charge is 2.13. The molecule has 0 radical (unpaired) electrons. The maximum absolute atomic E-state index is 5.75. The van der Waals surface area contributed by atoms with Crippen molar-refractivity contribution in [1.29, 1.82) is 0 Å². The van der Waals surface area contributed by atoms with Crippen LogP contribution in [-0.2, 0) is 0 Å². The van der Waals surface area contributed by atoms with E-state index in [-0.39, 0.29) is 6.04 Å². The van der Waals surface area contributed by atoms with Crippen LogP contribution in [0.3, 0.4) is 0 Å². The average Bonchev–Trinajstić information content (AvgIpc) is 2.37. The Morgan fingerprint density at radius 1 is 1.28 bits per heavy atom. The van der Waals surface area contributed by atoms with E-state index in [0.29, 0.717) is 13.2 Å². The lowest BCUT2D eigenvalue weighted by molar-refractivity contribution is 0.171. The molecule has 0 aliphatic carbocycles. The van der Waals surface area contributed by atoms with E-state index in [2.05, 4.69) is 18.0 Å². The Labute approximate surface area is 109 Å². The van der Waals surface area contributed by atoms with Gasteiger partial charge >= 0.3 is 0 Å². The predicted octanol–water partition coefficient (Wildman–Crippen LogP) is 2.02. The van der Waals surface area contributed by atoms with Gasteiger partial charge in [0.2, 0.25) is 0 Å². The first-order chi connectivity index (χ1) is 8.66. The normalized spacial score (nSPS) is 15.3. The van der Waals surface area contributed by atoms with Gasteiger partial charge in [0.1, 0.15) is 13.2 Å². The van der Waals surface area contributed by atoms with Gasteiger partial charge in [-0.2, -0.15) is 0 Å². The molecule has 0 fully saturated rings. The third kappa shape index (κ3) is 3.29. The quantitative estimate of drug-likeness (QED) is 0.868. The van der Waals surface area contributed by atoms with E-state index in [9.17, 15) is 0 Å². The largest absolute Gasteiger partial charge is 0.486 e. The average molecular weight is 250 g/mol. The van der Waals surface area contributed by atoms with Crippen molar-refractivity contribution in [3.05, 3.63) is 18.2 Å². The summed E-state index contributed by atoms with van der Waals surface area (Å²) < 4.78 is 11.1. The summed E-state index contributed by atoms with van der Waals surface area (Å²) in [6.07, 6.45) is 2.15. The minimum absolute atomic E-state index is 0.277. The van der Waals surface area contributed by atoms with Crippen LogP contribution in [0.25, 0.3) is 0 Å². The number of rotatable bonds is 5. The van der Waals surface area contributed by atoms with Gasteiger partial charge in [-0.05, 0) is 31.9 Å². The van der Waals surface area contributed by atoms with E-state index in [1.807, 2.05) is 19.1 Å². The van der Waals surface area contributed by atoms with Crippen LogP contribution in [0.15, 0.2) is 18.2 Å². The van der Waals surface area contributed by atoms with Crippen LogP contribution in [0.1, 0.15) is 19.8 Å². The van der Waals surface area contributed by atoms with Crippen LogP contribution < -0.4 is 20.1 Å². The van der Waals surface area contributed by atoms with Crippen molar-refractivity contribution in [3.8, 4) is 11.5 Å². The fourth-order valence-electron chi connectivity index (χ4n) is 2.05. The second-order valence-electron chi connectivity index (χ2n) is 4.87. The molecular formula is C14H22N2O2. The zero-order valence-electron chi connectivity index (χ0n) is 11.2. The van der Waals surface area contributed by atoms with E-state index in [0.717, 1.165) is 36.6 Å². The first-order valence-corrected chi connectivity index (χ1v) is 6.53. The van der Waals surface area contributed by atoms with Crippen LogP contribution in [0.5, 0.6) is 11.5 Å². The summed E-state index contributed by atoms with van der Waals surface area (Å²) >= 11 is 0. The molecule has 1 aliphatic heterocycles. The Morgan fingerprint density at radius 3 is 2.72 bits per heavy atom. The number of nitrogens with two attached hydrogens (primary N) is 1. The van der Waals surface area contributed by atoms with E-state index >= 15 is 0 Å². The summed E-state index contributed by atoms with van der Waals surface area (Å²) in [6, 6.07) is 6.37. The van der Waals surface area contributed by atoms with Crippen molar-refractivity contribution in [2.45, 2.75) is 25.8 Å². The van der Waals surface area contributed by atoms with Gasteiger partial charge in [0.15, 0.2) is 11.5 Å². The van der Waals surface area contributed by atoms with E-state index in [1.165, 1.54) is 0 Å². The lowest BCUT2D eigenvalue weighted by atomic mass is 10.2. The van der Waals surface area contributed by atoms with Crippen LogP contribution in [0.2, 0.25) is 0 Å². The minimum atomic E-state index is 0.277. The van der Waals surface area contributed by atoms with Crippen molar-refractivity contribution < 1.29 is 9.47 Å². The topological polar surface area (TPSA) is 47.7 Å². The zero-order chi connectivity index (χ0) is 13.0. The number of fused-ring (bicyclic) bond motifs is 1. The molecule has 1 aromatic carbocycles. The molecule has 0 saturated carbocycles. The molecule has 1 unspecified atom stereocenters. The standard InChI is InChI=1S/C14H22N2O2/c1-11(15)4-3-7-16(2)12-5-6-13-14(10-12)18-9-8-17-13/h5-6,10-11H,3-4,7-9,15H2,1-2H3. The monoisotopic (exact) mass is 250 g/mol. The maximum atomic E-state index is 5.75. The van der Waals surface area contributed by atoms with Crippen molar-refractivity contribution >= 4 is 5.69 Å². The van der Waals surface area contributed by atoms with Crippen molar-refractivity contribution in [1.82, 2.24) is 0 Å².